The van der Waals surface area contributed by atoms with Crippen LogP contribution in [0.3, 0.4) is 0 Å². The van der Waals surface area contributed by atoms with E-state index in [4.69, 9.17) is 9.47 Å². The van der Waals surface area contributed by atoms with Crippen molar-refractivity contribution in [3.8, 4) is 5.75 Å². The molecule has 2 rings (SSSR count). The molecule has 2 aromatic rings. The summed E-state index contributed by atoms with van der Waals surface area (Å²) in [5.74, 6) is -0.750. The Hall–Kier alpha value is -3.24. The summed E-state index contributed by atoms with van der Waals surface area (Å²) < 4.78 is 37.5. The van der Waals surface area contributed by atoms with Crippen molar-refractivity contribution in [2.45, 2.75) is 32.3 Å². The summed E-state index contributed by atoms with van der Waals surface area (Å²) in [5, 5.41) is 2.53. The first-order valence-electron chi connectivity index (χ1n) is 9.42. The normalized spacial score (nSPS) is 10.9. The summed E-state index contributed by atoms with van der Waals surface area (Å²) >= 11 is 0. The number of amides is 1. The number of anilines is 1. The summed E-state index contributed by atoms with van der Waals surface area (Å²) in [6, 6.07) is 10.3. The molecular formula is C21H24N2O7S. The largest absolute Gasteiger partial charge is 0.493 e. The molecule has 0 aliphatic rings. The minimum Gasteiger partial charge on any atom is -0.493 e. The maximum absolute atomic E-state index is 12.3. The molecule has 0 fully saturated rings. The number of esters is 1. The summed E-state index contributed by atoms with van der Waals surface area (Å²) in [7, 11) is -3.95. The SMILES string of the molecule is CCOc1ccc(C(C)=O)cc1COC(=O)CNS(=O)(=O)c1ccc(NC(C)=O)cc1. The van der Waals surface area contributed by atoms with E-state index in [-0.39, 0.29) is 23.2 Å². The van der Waals surface area contributed by atoms with Gasteiger partial charge in [0.05, 0.1) is 11.5 Å². The molecule has 0 saturated carbocycles. The van der Waals surface area contributed by atoms with Crippen molar-refractivity contribution in [3.05, 3.63) is 53.6 Å². The molecule has 2 N–H and O–H groups in total. The lowest BCUT2D eigenvalue weighted by Crippen LogP contribution is -2.30. The Kier molecular flexibility index (Phi) is 8.29. The van der Waals surface area contributed by atoms with Gasteiger partial charge in [-0.3, -0.25) is 14.4 Å². The Balaban J connectivity index is 1.98. The van der Waals surface area contributed by atoms with E-state index in [9.17, 15) is 22.8 Å². The van der Waals surface area contributed by atoms with E-state index >= 15 is 0 Å². The van der Waals surface area contributed by atoms with Crippen LogP contribution >= 0.6 is 0 Å². The molecule has 2 aromatic carbocycles. The van der Waals surface area contributed by atoms with Crippen LogP contribution in [0, 0.1) is 0 Å². The van der Waals surface area contributed by atoms with Crippen molar-refractivity contribution in [2.24, 2.45) is 0 Å². The molecule has 0 aromatic heterocycles. The fraction of sp³-hybridized carbons (Fsp3) is 0.286. The standard InChI is InChI=1S/C21H24N2O7S/c1-4-29-20-10-5-16(14(2)24)11-17(20)13-30-21(26)12-22-31(27,28)19-8-6-18(7-9-19)23-15(3)25/h5-11,22H,4,12-13H2,1-3H3,(H,23,25). The summed E-state index contributed by atoms with van der Waals surface area (Å²) in [6.07, 6.45) is 0. The smallest absolute Gasteiger partial charge is 0.321 e. The van der Waals surface area contributed by atoms with Gasteiger partial charge in [0, 0.05) is 23.7 Å². The first-order chi connectivity index (χ1) is 14.6. The van der Waals surface area contributed by atoms with Crippen LogP contribution in [0.4, 0.5) is 5.69 Å². The number of ketones is 1. The molecule has 0 bridgehead atoms. The second kappa shape index (κ2) is 10.7. The summed E-state index contributed by atoms with van der Waals surface area (Å²) in [6.45, 7) is 4.19. The highest BCUT2D eigenvalue weighted by molar-refractivity contribution is 7.89. The monoisotopic (exact) mass is 448 g/mol. The first kappa shape index (κ1) is 24.0. The Morgan fingerprint density at radius 1 is 1.00 bits per heavy atom. The van der Waals surface area contributed by atoms with Gasteiger partial charge in [-0.05, 0) is 56.3 Å². The predicted molar refractivity (Wildman–Crippen MR) is 113 cm³/mol. The molecule has 0 spiro atoms. The Morgan fingerprint density at radius 2 is 1.68 bits per heavy atom. The van der Waals surface area contributed by atoms with Gasteiger partial charge in [0.2, 0.25) is 15.9 Å². The molecule has 1 amide bonds. The zero-order chi connectivity index (χ0) is 23.0. The number of rotatable bonds is 10. The summed E-state index contributed by atoms with van der Waals surface area (Å²) in [4.78, 5) is 34.6. The highest BCUT2D eigenvalue weighted by atomic mass is 32.2. The van der Waals surface area contributed by atoms with Crippen molar-refractivity contribution in [1.29, 1.82) is 0 Å². The van der Waals surface area contributed by atoms with Crippen molar-refractivity contribution < 1.29 is 32.3 Å². The molecule has 10 heteroatoms. The maximum Gasteiger partial charge on any atom is 0.321 e. The van der Waals surface area contributed by atoms with E-state index < -0.39 is 22.5 Å². The van der Waals surface area contributed by atoms with Gasteiger partial charge >= 0.3 is 5.97 Å². The van der Waals surface area contributed by atoms with Gasteiger partial charge in [0.25, 0.3) is 0 Å². The zero-order valence-electron chi connectivity index (χ0n) is 17.4. The highest BCUT2D eigenvalue weighted by Crippen LogP contribution is 2.22. The van der Waals surface area contributed by atoms with Gasteiger partial charge in [0.1, 0.15) is 18.9 Å². The van der Waals surface area contributed by atoms with Gasteiger partial charge in [-0.25, -0.2) is 8.42 Å². The Bertz CT molecular complexity index is 1060. The number of hydrogen-bond donors (Lipinski definition) is 2. The van der Waals surface area contributed by atoms with E-state index in [1.54, 1.807) is 25.1 Å². The van der Waals surface area contributed by atoms with Crippen LogP contribution in [-0.2, 0) is 31.0 Å². The third-order valence-corrected chi connectivity index (χ3v) is 5.46. The molecule has 0 heterocycles. The fourth-order valence-electron chi connectivity index (χ4n) is 2.57. The van der Waals surface area contributed by atoms with E-state index in [0.29, 0.717) is 29.2 Å². The van der Waals surface area contributed by atoms with Crippen LogP contribution in [-0.4, -0.2) is 39.2 Å². The lowest BCUT2D eigenvalue weighted by Gasteiger charge is -2.12. The van der Waals surface area contributed by atoms with Crippen LogP contribution in [0.15, 0.2) is 47.4 Å². The quantitative estimate of drug-likeness (QED) is 0.421. The zero-order valence-corrected chi connectivity index (χ0v) is 18.2. The lowest BCUT2D eigenvalue weighted by atomic mass is 10.1. The van der Waals surface area contributed by atoms with Crippen molar-refractivity contribution in [1.82, 2.24) is 4.72 Å². The van der Waals surface area contributed by atoms with Crippen molar-refractivity contribution in [3.63, 3.8) is 0 Å². The van der Waals surface area contributed by atoms with Gasteiger partial charge in [-0.2, -0.15) is 4.72 Å². The number of sulfonamides is 1. The number of hydrogen-bond acceptors (Lipinski definition) is 7. The average molecular weight is 448 g/mol. The Labute approximate surface area is 180 Å². The van der Waals surface area contributed by atoms with Crippen molar-refractivity contribution in [2.75, 3.05) is 18.5 Å². The number of carbonyl (C=O) groups excluding carboxylic acids is 3. The van der Waals surface area contributed by atoms with E-state index in [0.717, 1.165) is 0 Å². The van der Waals surface area contributed by atoms with Crippen LogP contribution < -0.4 is 14.8 Å². The Morgan fingerprint density at radius 3 is 2.26 bits per heavy atom. The van der Waals surface area contributed by atoms with Crippen LogP contribution in [0.25, 0.3) is 0 Å². The molecule has 0 aliphatic carbocycles. The van der Waals surface area contributed by atoms with Gasteiger partial charge in [-0.15, -0.1) is 0 Å². The van der Waals surface area contributed by atoms with Gasteiger partial charge in [0.15, 0.2) is 5.78 Å². The number of ether oxygens (including phenoxy) is 2. The van der Waals surface area contributed by atoms with E-state index in [2.05, 4.69) is 10.0 Å². The van der Waals surface area contributed by atoms with Crippen LogP contribution in [0.5, 0.6) is 5.75 Å². The number of benzene rings is 2. The number of nitrogens with one attached hydrogen (secondary N) is 2. The third-order valence-electron chi connectivity index (χ3n) is 4.05. The average Bonchev–Trinajstić information content (AvgIpc) is 2.71. The first-order valence-corrected chi connectivity index (χ1v) is 10.9. The highest BCUT2D eigenvalue weighted by Gasteiger charge is 2.17. The van der Waals surface area contributed by atoms with Crippen LogP contribution in [0.2, 0.25) is 0 Å². The number of carbonyl (C=O) groups is 3. The molecule has 0 radical (unpaired) electrons. The van der Waals surface area contributed by atoms with Gasteiger partial charge < -0.3 is 14.8 Å². The molecule has 9 nitrogen and oxygen atoms in total. The number of Topliss-reactive ketones (excluding diaryl/α,β-unsaturated/α-hetero) is 1. The third kappa shape index (κ3) is 7.19. The molecule has 31 heavy (non-hydrogen) atoms. The van der Waals surface area contributed by atoms with E-state index in [1.807, 2.05) is 0 Å². The minimum absolute atomic E-state index is 0.0674. The summed E-state index contributed by atoms with van der Waals surface area (Å²) in [5.41, 5.74) is 1.39. The predicted octanol–water partition coefficient (Wildman–Crippen LogP) is 2.27. The van der Waals surface area contributed by atoms with E-state index in [1.165, 1.54) is 38.1 Å². The fourth-order valence-corrected chi connectivity index (χ4v) is 3.54. The second-order valence-corrected chi connectivity index (χ2v) is 8.27. The molecular weight excluding hydrogens is 424 g/mol. The molecule has 0 saturated heterocycles. The topological polar surface area (TPSA) is 128 Å². The van der Waals surface area contributed by atoms with Gasteiger partial charge in [-0.1, -0.05) is 0 Å². The minimum atomic E-state index is -3.95. The maximum atomic E-state index is 12.3. The molecule has 0 unspecified atom stereocenters. The lowest BCUT2D eigenvalue weighted by molar-refractivity contribution is -0.143. The molecule has 0 atom stereocenters. The second-order valence-electron chi connectivity index (χ2n) is 6.50. The molecule has 166 valence electrons. The van der Waals surface area contributed by atoms with Crippen LogP contribution in [0.1, 0.15) is 36.7 Å². The molecule has 0 aliphatic heterocycles. The van der Waals surface area contributed by atoms with Crippen molar-refractivity contribution >= 4 is 33.4 Å².